The molecule has 1 aromatic carbocycles. The van der Waals surface area contributed by atoms with Gasteiger partial charge in [0, 0.05) is 0 Å². The summed E-state index contributed by atoms with van der Waals surface area (Å²) in [4.78, 5) is 0. The third kappa shape index (κ3) is 3.45. The van der Waals surface area contributed by atoms with Crippen LogP contribution in [0.15, 0.2) is 84.5 Å². The molecule has 0 nitrogen and oxygen atoms in total. The number of hydrogen-bond acceptors (Lipinski definition) is 0. The third-order valence-corrected chi connectivity index (χ3v) is 3.43. The maximum absolute atomic E-state index is 4.19. The van der Waals surface area contributed by atoms with E-state index in [0.29, 0.717) is 0 Å². The zero-order valence-corrected chi connectivity index (χ0v) is 11.5. The average molecular weight is 248 g/mol. The van der Waals surface area contributed by atoms with Gasteiger partial charge in [-0.1, -0.05) is 67.3 Å². The molecule has 0 unspecified atom stereocenters. The van der Waals surface area contributed by atoms with E-state index in [1.165, 1.54) is 16.7 Å². The van der Waals surface area contributed by atoms with Crippen LogP contribution >= 0.6 is 0 Å². The number of hydrogen-bond donors (Lipinski definition) is 0. The van der Waals surface area contributed by atoms with Crippen molar-refractivity contribution in [2.45, 2.75) is 19.8 Å². The Balaban J connectivity index is 2.24. The summed E-state index contributed by atoms with van der Waals surface area (Å²) >= 11 is 0. The van der Waals surface area contributed by atoms with Crippen LogP contribution in [0.2, 0.25) is 0 Å². The van der Waals surface area contributed by atoms with E-state index in [4.69, 9.17) is 0 Å². The SMILES string of the molecule is C=C/C(=C\C(=C)C1=CC=C(C)CC1)c1ccccc1. The van der Waals surface area contributed by atoms with Gasteiger partial charge in [0.05, 0.1) is 0 Å². The maximum Gasteiger partial charge on any atom is -0.0184 e. The summed E-state index contributed by atoms with van der Waals surface area (Å²) in [7, 11) is 0. The molecule has 0 atom stereocenters. The van der Waals surface area contributed by atoms with E-state index in [-0.39, 0.29) is 0 Å². The summed E-state index contributed by atoms with van der Waals surface area (Å²) in [6.45, 7) is 10.3. The zero-order chi connectivity index (χ0) is 13.7. The molecular formula is C19H20. The summed E-state index contributed by atoms with van der Waals surface area (Å²) in [5, 5.41) is 0. The molecule has 0 saturated carbocycles. The Morgan fingerprint density at radius 2 is 1.84 bits per heavy atom. The van der Waals surface area contributed by atoms with Gasteiger partial charge in [0.25, 0.3) is 0 Å². The molecule has 0 N–H and O–H groups in total. The van der Waals surface area contributed by atoms with Gasteiger partial charge in [-0.15, -0.1) is 0 Å². The first kappa shape index (κ1) is 13.4. The lowest BCUT2D eigenvalue weighted by molar-refractivity contribution is 0.919. The van der Waals surface area contributed by atoms with E-state index < -0.39 is 0 Å². The van der Waals surface area contributed by atoms with Crippen LogP contribution in [0.5, 0.6) is 0 Å². The molecule has 0 aromatic heterocycles. The molecule has 0 fully saturated rings. The highest BCUT2D eigenvalue weighted by atomic mass is 14.1. The minimum absolute atomic E-state index is 1.08. The van der Waals surface area contributed by atoms with Crippen molar-refractivity contribution >= 4 is 5.57 Å². The molecule has 96 valence electrons. The Labute approximate surface area is 116 Å². The first-order chi connectivity index (χ1) is 9.20. The van der Waals surface area contributed by atoms with E-state index in [1.54, 1.807) is 0 Å². The quantitative estimate of drug-likeness (QED) is 0.619. The molecule has 0 spiro atoms. The van der Waals surface area contributed by atoms with Crippen molar-refractivity contribution in [2.75, 3.05) is 0 Å². The van der Waals surface area contributed by atoms with Crippen LogP contribution in [0.1, 0.15) is 25.3 Å². The topological polar surface area (TPSA) is 0 Å². The van der Waals surface area contributed by atoms with Gasteiger partial charge in [0.1, 0.15) is 0 Å². The lowest BCUT2D eigenvalue weighted by Gasteiger charge is -2.13. The van der Waals surface area contributed by atoms with Gasteiger partial charge in [-0.2, -0.15) is 0 Å². The van der Waals surface area contributed by atoms with Gasteiger partial charge in [0.15, 0.2) is 0 Å². The molecule has 0 saturated heterocycles. The van der Waals surface area contributed by atoms with Crippen molar-refractivity contribution in [3.8, 4) is 0 Å². The Morgan fingerprint density at radius 1 is 1.11 bits per heavy atom. The molecule has 19 heavy (non-hydrogen) atoms. The van der Waals surface area contributed by atoms with Crippen molar-refractivity contribution in [1.82, 2.24) is 0 Å². The summed E-state index contributed by atoms with van der Waals surface area (Å²) in [6.07, 6.45) is 10.6. The van der Waals surface area contributed by atoms with Gasteiger partial charge >= 0.3 is 0 Å². The highest BCUT2D eigenvalue weighted by Crippen LogP contribution is 2.26. The molecule has 0 heteroatoms. The summed E-state index contributed by atoms with van der Waals surface area (Å²) in [6, 6.07) is 10.3. The van der Waals surface area contributed by atoms with E-state index in [9.17, 15) is 0 Å². The summed E-state index contributed by atoms with van der Waals surface area (Å²) < 4.78 is 0. The fraction of sp³-hybridized carbons (Fsp3) is 0.158. The van der Waals surface area contributed by atoms with E-state index in [1.807, 2.05) is 24.3 Å². The van der Waals surface area contributed by atoms with Crippen molar-refractivity contribution in [2.24, 2.45) is 0 Å². The Hall–Kier alpha value is -2.08. The van der Waals surface area contributed by atoms with Crippen LogP contribution < -0.4 is 0 Å². The predicted octanol–water partition coefficient (Wildman–Crippen LogP) is 5.48. The van der Waals surface area contributed by atoms with Crippen LogP contribution in [-0.2, 0) is 0 Å². The third-order valence-electron chi connectivity index (χ3n) is 3.43. The first-order valence-corrected chi connectivity index (χ1v) is 6.66. The molecule has 2 rings (SSSR count). The van der Waals surface area contributed by atoms with E-state index >= 15 is 0 Å². The van der Waals surface area contributed by atoms with Crippen molar-refractivity contribution < 1.29 is 0 Å². The van der Waals surface area contributed by atoms with Gasteiger partial charge in [0.2, 0.25) is 0 Å². The predicted molar refractivity (Wildman–Crippen MR) is 84.8 cm³/mol. The van der Waals surface area contributed by atoms with Gasteiger partial charge in [-0.05, 0) is 48.1 Å². The lowest BCUT2D eigenvalue weighted by atomic mass is 9.92. The van der Waals surface area contributed by atoms with Crippen LogP contribution in [-0.4, -0.2) is 0 Å². The second kappa shape index (κ2) is 6.19. The standard InChI is InChI=1S/C19H20/c1-4-17(19-8-6-5-7-9-19)14-16(3)18-12-10-15(2)11-13-18/h4-10,12,14H,1,3,11,13H2,2H3/b17-14+. The minimum Gasteiger partial charge on any atom is -0.0984 e. The Morgan fingerprint density at radius 3 is 2.42 bits per heavy atom. The van der Waals surface area contributed by atoms with Gasteiger partial charge < -0.3 is 0 Å². The fourth-order valence-electron chi connectivity index (χ4n) is 2.18. The second-order valence-corrected chi connectivity index (χ2v) is 4.90. The Kier molecular flexibility index (Phi) is 4.35. The second-order valence-electron chi connectivity index (χ2n) is 4.90. The van der Waals surface area contributed by atoms with E-state index in [2.05, 4.69) is 50.4 Å². The van der Waals surface area contributed by atoms with Crippen LogP contribution in [0.3, 0.4) is 0 Å². The highest BCUT2D eigenvalue weighted by Gasteiger charge is 2.06. The van der Waals surface area contributed by atoms with Crippen LogP contribution in [0.4, 0.5) is 0 Å². The van der Waals surface area contributed by atoms with Crippen LogP contribution in [0.25, 0.3) is 5.57 Å². The molecule has 0 aliphatic heterocycles. The molecule has 0 bridgehead atoms. The number of allylic oxidation sites excluding steroid dienone is 8. The fourth-order valence-corrected chi connectivity index (χ4v) is 2.18. The smallest absolute Gasteiger partial charge is 0.0184 e. The van der Waals surface area contributed by atoms with Crippen molar-refractivity contribution in [1.29, 1.82) is 0 Å². The molecule has 0 radical (unpaired) electrons. The monoisotopic (exact) mass is 248 g/mol. The largest absolute Gasteiger partial charge is 0.0984 e. The molecule has 0 heterocycles. The Bertz CT molecular complexity index is 565. The molecule has 0 amide bonds. The average Bonchev–Trinajstić information content (AvgIpc) is 2.46. The van der Waals surface area contributed by atoms with Crippen LogP contribution in [0, 0.1) is 0 Å². The van der Waals surface area contributed by atoms with Crippen molar-refractivity contribution in [3.05, 3.63) is 90.1 Å². The normalized spacial score (nSPS) is 15.5. The van der Waals surface area contributed by atoms with E-state index in [0.717, 1.165) is 24.0 Å². The molecule has 1 aliphatic carbocycles. The molecule has 1 aromatic rings. The molecular weight excluding hydrogens is 228 g/mol. The zero-order valence-electron chi connectivity index (χ0n) is 11.5. The number of benzene rings is 1. The van der Waals surface area contributed by atoms with Gasteiger partial charge in [-0.25, -0.2) is 0 Å². The maximum atomic E-state index is 4.19. The van der Waals surface area contributed by atoms with Crippen molar-refractivity contribution in [3.63, 3.8) is 0 Å². The summed E-state index contributed by atoms with van der Waals surface area (Å²) in [5.74, 6) is 0. The highest BCUT2D eigenvalue weighted by molar-refractivity contribution is 5.76. The van der Waals surface area contributed by atoms with Gasteiger partial charge in [-0.3, -0.25) is 0 Å². The minimum atomic E-state index is 1.08. The summed E-state index contributed by atoms with van der Waals surface area (Å²) in [5.41, 5.74) is 6.15. The first-order valence-electron chi connectivity index (χ1n) is 6.66. The number of rotatable bonds is 4. The molecule has 1 aliphatic rings. The lowest BCUT2D eigenvalue weighted by Crippen LogP contribution is -1.93.